The standard InChI is InChI=1S/C15H16NO2.CH3.Y/c1-2-3-6-12-10-9-11-7-4-5-8-13(11)14(12)15(17)16-18;;/h4-5,7-10,18H,1-3,6H2,(H,16,17);1H3;/q2*-1;. The summed E-state index contributed by atoms with van der Waals surface area (Å²) in [6.45, 7) is 3.81. The van der Waals surface area contributed by atoms with Crippen LogP contribution in [-0.2, 0) is 39.1 Å². The molecule has 0 aliphatic heterocycles. The average Bonchev–Trinajstić information content (AvgIpc) is 2.43. The van der Waals surface area contributed by atoms with Gasteiger partial charge in [0.05, 0.1) is 5.56 Å². The Labute approximate surface area is 145 Å². The van der Waals surface area contributed by atoms with E-state index in [9.17, 15) is 4.79 Å². The summed E-state index contributed by atoms with van der Waals surface area (Å²) in [5, 5.41) is 10.7. The molecule has 0 saturated carbocycles. The van der Waals surface area contributed by atoms with E-state index in [0.29, 0.717) is 5.56 Å². The molecule has 0 aromatic heterocycles. The molecule has 0 bridgehead atoms. The van der Waals surface area contributed by atoms with E-state index in [0.717, 1.165) is 35.6 Å². The van der Waals surface area contributed by atoms with Crippen molar-refractivity contribution >= 4 is 16.7 Å². The Morgan fingerprint density at radius 3 is 2.55 bits per heavy atom. The second-order valence-corrected chi connectivity index (χ2v) is 4.22. The van der Waals surface area contributed by atoms with Crippen LogP contribution in [0.1, 0.15) is 28.8 Å². The molecule has 2 rings (SSSR count). The third-order valence-corrected chi connectivity index (χ3v) is 3.04. The molecular weight excluding hydrogens is 327 g/mol. The van der Waals surface area contributed by atoms with Gasteiger partial charge in [0.15, 0.2) is 0 Å². The first-order chi connectivity index (χ1) is 8.77. The van der Waals surface area contributed by atoms with Crippen molar-refractivity contribution in [1.29, 1.82) is 0 Å². The Hall–Kier alpha value is -0.766. The van der Waals surface area contributed by atoms with Crippen LogP contribution < -0.4 is 5.48 Å². The van der Waals surface area contributed by atoms with Gasteiger partial charge in [-0.3, -0.25) is 10.0 Å². The van der Waals surface area contributed by atoms with E-state index >= 15 is 0 Å². The molecule has 3 nitrogen and oxygen atoms in total. The zero-order valence-electron chi connectivity index (χ0n) is 11.7. The molecule has 0 aliphatic carbocycles. The number of hydroxylamine groups is 1. The normalized spacial score (nSPS) is 9.50. The number of aryl methyl sites for hydroxylation is 1. The first-order valence-corrected chi connectivity index (χ1v) is 6.02. The largest absolute Gasteiger partial charge is 0.358 e. The molecule has 20 heavy (non-hydrogen) atoms. The molecule has 0 spiro atoms. The molecule has 0 fully saturated rings. The van der Waals surface area contributed by atoms with Crippen molar-refractivity contribution < 1.29 is 42.7 Å². The van der Waals surface area contributed by atoms with Gasteiger partial charge in [0.2, 0.25) is 0 Å². The molecule has 0 atom stereocenters. The minimum atomic E-state index is -0.453. The third kappa shape index (κ3) is 4.11. The fraction of sp³-hybridized carbons (Fsp3) is 0.188. The Kier molecular flexibility index (Phi) is 8.87. The molecule has 4 heteroatoms. The van der Waals surface area contributed by atoms with Crippen molar-refractivity contribution in [3.8, 4) is 0 Å². The van der Waals surface area contributed by atoms with Gasteiger partial charge in [0.25, 0.3) is 5.91 Å². The van der Waals surface area contributed by atoms with E-state index in [4.69, 9.17) is 5.21 Å². The van der Waals surface area contributed by atoms with Crippen molar-refractivity contribution in [2.45, 2.75) is 19.3 Å². The Balaban J connectivity index is 0.00000180. The Morgan fingerprint density at radius 2 is 1.90 bits per heavy atom. The van der Waals surface area contributed by atoms with Gasteiger partial charge in [0.1, 0.15) is 0 Å². The Bertz CT molecular complexity index is 569. The molecule has 1 amide bonds. The van der Waals surface area contributed by atoms with Gasteiger partial charge in [-0.05, 0) is 22.8 Å². The van der Waals surface area contributed by atoms with Gasteiger partial charge >= 0.3 is 0 Å². The van der Waals surface area contributed by atoms with E-state index in [-0.39, 0.29) is 40.1 Å². The molecule has 2 aromatic rings. The summed E-state index contributed by atoms with van der Waals surface area (Å²) in [6.07, 6.45) is 2.54. The van der Waals surface area contributed by atoms with Crippen LogP contribution in [0.25, 0.3) is 10.8 Å². The number of benzene rings is 2. The Morgan fingerprint density at radius 1 is 1.20 bits per heavy atom. The number of rotatable bonds is 4. The topological polar surface area (TPSA) is 49.3 Å². The monoisotopic (exact) mass is 346 g/mol. The minimum Gasteiger partial charge on any atom is -0.358 e. The van der Waals surface area contributed by atoms with Crippen LogP contribution in [-0.4, -0.2) is 11.1 Å². The molecule has 105 valence electrons. The van der Waals surface area contributed by atoms with E-state index in [1.807, 2.05) is 36.4 Å². The maximum atomic E-state index is 11.8. The zero-order chi connectivity index (χ0) is 13.0. The van der Waals surface area contributed by atoms with Crippen molar-refractivity contribution in [2.24, 2.45) is 0 Å². The van der Waals surface area contributed by atoms with Gasteiger partial charge in [-0.25, -0.2) is 5.48 Å². The van der Waals surface area contributed by atoms with Gasteiger partial charge in [-0.15, -0.1) is 0 Å². The summed E-state index contributed by atoms with van der Waals surface area (Å²) >= 11 is 0. The van der Waals surface area contributed by atoms with Gasteiger partial charge in [-0.2, -0.15) is 6.42 Å². The summed E-state index contributed by atoms with van der Waals surface area (Å²) in [7, 11) is 0. The van der Waals surface area contributed by atoms with Crippen molar-refractivity contribution in [1.82, 2.24) is 5.48 Å². The van der Waals surface area contributed by atoms with Gasteiger partial charge < -0.3 is 14.4 Å². The number of hydrogen-bond acceptors (Lipinski definition) is 2. The number of nitrogens with one attached hydrogen (secondary N) is 1. The first kappa shape index (κ1) is 19.2. The van der Waals surface area contributed by atoms with Gasteiger partial charge in [-0.1, -0.05) is 42.8 Å². The minimum absolute atomic E-state index is 0. The quantitative estimate of drug-likeness (QED) is 0.505. The van der Waals surface area contributed by atoms with E-state index < -0.39 is 5.91 Å². The number of amides is 1. The fourth-order valence-electron chi connectivity index (χ4n) is 2.16. The van der Waals surface area contributed by atoms with Crippen LogP contribution >= 0.6 is 0 Å². The second kappa shape index (κ2) is 9.22. The molecule has 0 aliphatic rings. The average molecular weight is 346 g/mol. The smallest absolute Gasteiger partial charge is 0.275 e. The van der Waals surface area contributed by atoms with Crippen LogP contribution in [0.2, 0.25) is 0 Å². The maximum absolute atomic E-state index is 11.8. The molecule has 0 heterocycles. The third-order valence-electron chi connectivity index (χ3n) is 3.04. The van der Waals surface area contributed by atoms with Crippen LogP contribution in [0.4, 0.5) is 0 Å². The van der Waals surface area contributed by atoms with Crippen LogP contribution in [0.15, 0.2) is 36.4 Å². The number of carbonyl (C=O) groups is 1. The number of hydrogen-bond donors (Lipinski definition) is 2. The number of fused-ring (bicyclic) bond motifs is 1. The van der Waals surface area contributed by atoms with E-state index in [1.54, 1.807) is 5.48 Å². The number of unbranched alkanes of at least 4 members (excludes halogenated alkanes) is 1. The van der Waals surface area contributed by atoms with Crippen LogP contribution in [0.5, 0.6) is 0 Å². The van der Waals surface area contributed by atoms with E-state index in [2.05, 4.69) is 6.92 Å². The molecule has 2 aromatic carbocycles. The summed E-state index contributed by atoms with van der Waals surface area (Å²) in [5.74, 6) is -0.453. The first-order valence-electron chi connectivity index (χ1n) is 6.02. The molecule has 1 radical (unpaired) electrons. The van der Waals surface area contributed by atoms with Crippen molar-refractivity contribution in [3.05, 3.63) is 61.9 Å². The zero-order valence-corrected chi connectivity index (χ0v) is 14.6. The molecule has 2 N–H and O–H groups in total. The van der Waals surface area contributed by atoms with Crippen molar-refractivity contribution in [2.75, 3.05) is 0 Å². The van der Waals surface area contributed by atoms with E-state index in [1.165, 1.54) is 0 Å². The molecule has 0 saturated heterocycles. The summed E-state index contributed by atoms with van der Waals surface area (Å²) in [4.78, 5) is 11.8. The van der Waals surface area contributed by atoms with Crippen LogP contribution in [0, 0.1) is 14.4 Å². The van der Waals surface area contributed by atoms with Crippen molar-refractivity contribution in [3.63, 3.8) is 0 Å². The summed E-state index contributed by atoms with van der Waals surface area (Å²) in [5.41, 5.74) is 3.24. The van der Waals surface area contributed by atoms with Gasteiger partial charge in [0, 0.05) is 32.7 Å². The molecule has 0 unspecified atom stereocenters. The molecular formula is C16H19NO2Y-2. The van der Waals surface area contributed by atoms with Crippen LogP contribution in [0.3, 0.4) is 0 Å². The fourth-order valence-corrected chi connectivity index (χ4v) is 2.16. The second-order valence-electron chi connectivity index (χ2n) is 4.22. The SMILES string of the molecule is [CH2-]CCCc1ccc2ccccc2c1C(=O)NO.[CH3-].[Y]. The number of carbonyl (C=O) groups excluding carboxylic acids is 1. The summed E-state index contributed by atoms with van der Waals surface area (Å²) < 4.78 is 0. The summed E-state index contributed by atoms with van der Waals surface area (Å²) in [6, 6.07) is 11.6. The predicted octanol–water partition coefficient (Wildman–Crippen LogP) is 3.56. The predicted molar refractivity (Wildman–Crippen MR) is 77.9 cm³/mol. The maximum Gasteiger partial charge on any atom is 0.275 e.